The first-order valence-electron chi connectivity index (χ1n) is 8.09. The topological polar surface area (TPSA) is 134 Å². The molecule has 0 bridgehead atoms. The first kappa shape index (κ1) is 19.2. The third-order valence-corrected chi connectivity index (χ3v) is 5.27. The molecule has 0 spiro atoms. The molecule has 2 rings (SSSR count). The lowest BCUT2D eigenvalue weighted by atomic mass is 9.91. The summed E-state index contributed by atoms with van der Waals surface area (Å²) in [4.78, 5) is 11.5. The minimum Gasteiger partial charge on any atom is -0.481 e. The molecular formula is C15H26N4O4S. The number of hydrogen-bond acceptors (Lipinski definition) is 7. The van der Waals surface area contributed by atoms with Crippen LogP contribution >= 0.6 is 11.8 Å². The highest BCUT2D eigenvalue weighted by atomic mass is 32.2. The molecule has 24 heavy (non-hydrogen) atoms. The molecule has 1 aromatic heterocycles. The molecule has 0 amide bonds. The number of carboxylic acids is 1. The highest BCUT2D eigenvalue weighted by molar-refractivity contribution is 7.98. The van der Waals surface area contributed by atoms with Crippen LogP contribution in [-0.2, 0) is 17.1 Å². The van der Waals surface area contributed by atoms with E-state index in [2.05, 4.69) is 10.4 Å². The summed E-state index contributed by atoms with van der Waals surface area (Å²) in [6, 6.07) is -0.0135. The molecular weight excluding hydrogens is 332 g/mol. The maximum atomic E-state index is 11.5. The van der Waals surface area contributed by atoms with Gasteiger partial charge >= 0.3 is 5.97 Å². The zero-order chi connectivity index (χ0) is 17.5. The fourth-order valence-corrected chi connectivity index (χ4v) is 3.94. The van der Waals surface area contributed by atoms with Crippen LogP contribution in [-0.4, -0.2) is 68.2 Å². The molecule has 0 radical (unpaired) electrons. The van der Waals surface area contributed by atoms with Crippen molar-refractivity contribution in [2.75, 3.05) is 18.9 Å². The van der Waals surface area contributed by atoms with Crippen molar-refractivity contribution < 1.29 is 20.1 Å². The van der Waals surface area contributed by atoms with Crippen molar-refractivity contribution in [3.8, 4) is 0 Å². The van der Waals surface area contributed by atoms with Gasteiger partial charge in [-0.15, -0.1) is 0 Å². The Morgan fingerprint density at radius 2 is 2.38 bits per heavy atom. The molecule has 1 saturated heterocycles. The van der Waals surface area contributed by atoms with Crippen LogP contribution in [0.25, 0.3) is 0 Å². The van der Waals surface area contributed by atoms with Gasteiger partial charge in [0.15, 0.2) is 0 Å². The van der Waals surface area contributed by atoms with Crippen molar-refractivity contribution >= 4 is 17.7 Å². The van der Waals surface area contributed by atoms with E-state index in [1.165, 1.54) is 0 Å². The van der Waals surface area contributed by atoms with Gasteiger partial charge in [-0.25, -0.2) is 0 Å². The maximum Gasteiger partial charge on any atom is 0.308 e. The zero-order valence-corrected chi connectivity index (χ0v) is 14.4. The molecule has 0 aliphatic carbocycles. The Morgan fingerprint density at radius 3 is 3.04 bits per heavy atom. The summed E-state index contributed by atoms with van der Waals surface area (Å²) in [6.07, 6.45) is 4.24. The number of aliphatic hydroxyl groups excluding tert-OH is 2. The molecule has 8 nitrogen and oxygen atoms in total. The Hall–Kier alpha value is -1.13. The Balaban J connectivity index is 1.81. The number of aromatic nitrogens is 2. The minimum atomic E-state index is -0.830. The summed E-state index contributed by atoms with van der Waals surface area (Å²) in [5.41, 5.74) is 6.91. The predicted molar refractivity (Wildman–Crippen MR) is 91.6 cm³/mol. The molecule has 1 fully saturated rings. The average molecular weight is 358 g/mol. The lowest BCUT2D eigenvalue weighted by Crippen LogP contribution is -2.50. The summed E-state index contributed by atoms with van der Waals surface area (Å²) in [5.74, 6) is -0.106. The fourth-order valence-electron chi connectivity index (χ4n) is 2.81. The number of carbonyl (C=O) groups is 1. The van der Waals surface area contributed by atoms with Gasteiger partial charge < -0.3 is 26.4 Å². The van der Waals surface area contributed by atoms with Crippen LogP contribution < -0.4 is 11.1 Å². The number of hydrogen-bond donors (Lipinski definition) is 5. The van der Waals surface area contributed by atoms with Crippen LogP contribution in [0.1, 0.15) is 18.4 Å². The molecule has 1 aromatic rings. The van der Waals surface area contributed by atoms with Gasteiger partial charge in [0, 0.05) is 29.8 Å². The number of rotatable bonds is 9. The van der Waals surface area contributed by atoms with Gasteiger partial charge in [-0.2, -0.15) is 16.9 Å². The molecule has 4 unspecified atom stereocenters. The standard InChI is InChI=1S/C15H26N4O4S/c16-11-1-2-17-14(3-11)13(15(22)23)9-24-8-10-4-18-19(5-10)6-12(21)7-20/h4-5,11-14,17,20-21H,1-3,6-9,16H2,(H,22,23). The molecule has 0 saturated carbocycles. The Bertz CT molecular complexity index is 527. The number of nitrogens with zero attached hydrogens (tertiary/aromatic N) is 2. The van der Waals surface area contributed by atoms with E-state index in [-0.39, 0.29) is 25.2 Å². The van der Waals surface area contributed by atoms with Crippen molar-refractivity contribution in [1.82, 2.24) is 15.1 Å². The van der Waals surface area contributed by atoms with Crippen LogP contribution in [0.5, 0.6) is 0 Å². The van der Waals surface area contributed by atoms with Gasteiger partial charge in [0.2, 0.25) is 0 Å². The molecule has 0 aromatic carbocycles. The summed E-state index contributed by atoms with van der Waals surface area (Å²) in [6.45, 7) is 0.698. The molecule has 1 aliphatic heterocycles. The third kappa shape index (κ3) is 5.75. The van der Waals surface area contributed by atoms with Crippen molar-refractivity contribution in [3.63, 3.8) is 0 Å². The molecule has 1 aliphatic rings. The summed E-state index contributed by atoms with van der Waals surface area (Å²) < 4.78 is 1.58. The van der Waals surface area contributed by atoms with Crippen molar-refractivity contribution in [2.24, 2.45) is 11.7 Å². The number of aliphatic hydroxyl groups is 2. The van der Waals surface area contributed by atoms with E-state index < -0.39 is 18.0 Å². The number of thioether (sulfide) groups is 1. The number of aliphatic carboxylic acids is 1. The molecule has 2 heterocycles. The Labute approximate surface area is 145 Å². The number of piperidine rings is 1. The van der Waals surface area contributed by atoms with Crippen LogP contribution in [0.2, 0.25) is 0 Å². The highest BCUT2D eigenvalue weighted by Crippen LogP contribution is 2.22. The zero-order valence-electron chi connectivity index (χ0n) is 13.5. The summed E-state index contributed by atoms with van der Waals surface area (Å²) >= 11 is 1.55. The lowest BCUT2D eigenvalue weighted by molar-refractivity contribution is -0.142. The second kappa shape index (κ2) is 9.38. The smallest absolute Gasteiger partial charge is 0.308 e. The van der Waals surface area contributed by atoms with Crippen molar-refractivity contribution in [2.45, 2.75) is 43.3 Å². The van der Waals surface area contributed by atoms with Gasteiger partial charge in [-0.3, -0.25) is 9.48 Å². The van der Waals surface area contributed by atoms with E-state index in [9.17, 15) is 15.0 Å². The molecule has 4 atom stereocenters. The van der Waals surface area contributed by atoms with E-state index >= 15 is 0 Å². The van der Waals surface area contributed by atoms with Gasteiger partial charge in [-0.1, -0.05) is 0 Å². The van der Waals surface area contributed by atoms with E-state index in [4.69, 9.17) is 10.8 Å². The Morgan fingerprint density at radius 1 is 1.58 bits per heavy atom. The quantitative estimate of drug-likeness (QED) is 0.389. The van der Waals surface area contributed by atoms with Gasteiger partial charge in [0.05, 0.1) is 31.4 Å². The van der Waals surface area contributed by atoms with Crippen LogP contribution in [0.15, 0.2) is 12.4 Å². The first-order valence-corrected chi connectivity index (χ1v) is 9.24. The average Bonchev–Trinajstić information content (AvgIpc) is 2.98. The number of nitrogens with one attached hydrogen (secondary N) is 1. The number of nitrogens with two attached hydrogens (primary N) is 1. The summed E-state index contributed by atoms with van der Waals surface area (Å²) in [5, 5.41) is 35.1. The van der Waals surface area contributed by atoms with E-state index in [1.54, 1.807) is 28.8 Å². The maximum absolute atomic E-state index is 11.5. The SMILES string of the molecule is NC1CCNC(C(CSCc2cnn(CC(O)CO)c2)C(=O)O)C1. The lowest BCUT2D eigenvalue weighted by Gasteiger charge is -2.32. The van der Waals surface area contributed by atoms with Gasteiger partial charge in [0.25, 0.3) is 0 Å². The van der Waals surface area contributed by atoms with Crippen LogP contribution in [0, 0.1) is 5.92 Å². The van der Waals surface area contributed by atoms with Gasteiger partial charge in [-0.05, 0) is 24.9 Å². The van der Waals surface area contributed by atoms with Crippen molar-refractivity contribution in [1.29, 1.82) is 0 Å². The van der Waals surface area contributed by atoms with Crippen molar-refractivity contribution in [3.05, 3.63) is 18.0 Å². The van der Waals surface area contributed by atoms with Crippen LogP contribution in [0.4, 0.5) is 0 Å². The normalized spacial score (nSPS) is 23.8. The van der Waals surface area contributed by atoms with Crippen LogP contribution in [0.3, 0.4) is 0 Å². The third-order valence-electron chi connectivity index (χ3n) is 4.14. The number of carboxylic acid groups (broad SMARTS) is 1. The summed E-state index contributed by atoms with van der Waals surface area (Å²) in [7, 11) is 0. The Kier molecular flexibility index (Phi) is 7.50. The molecule has 9 heteroatoms. The predicted octanol–water partition coefficient (Wildman–Crippen LogP) is -0.750. The first-order chi connectivity index (χ1) is 11.5. The molecule has 136 valence electrons. The highest BCUT2D eigenvalue weighted by Gasteiger charge is 2.31. The van der Waals surface area contributed by atoms with E-state index in [0.29, 0.717) is 17.9 Å². The minimum absolute atomic E-state index is 0.0688. The largest absolute Gasteiger partial charge is 0.481 e. The van der Waals surface area contributed by atoms with E-state index in [0.717, 1.165) is 18.5 Å². The monoisotopic (exact) mass is 358 g/mol. The fraction of sp³-hybridized carbons (Fsp3) is 0.733. The van der Waals surface area contributed by atoms with E-state index in [1.807, 2.05) is 0 Å². The second-order valence-corrected chi connectivity index (χ2v) is 7.24. The van der Waals surface area contributed by atoms with Gasteiger partial charge in [0.1, 0.15) is 0 Å². The second-order valence-electron chi connectivity index (χ2n) is 6.21. The molecule has 6 N–H and O–H groups in total.